The van der Waals surface area contributed by atoms with E-state index in [1.54, 1.807) is 0 Å². The fraction of sp³-hybridized carbons (Fsp3) is 0.438. The molecule has 4 aromatic heterocycles. The third-order valence-corrected chi connectivity index (χ3v) is 9.45. The van der Waals surface area contributed by atoms with Crippen molar-refractivity contribution in [2.75, 3.05) is 13.2 Å². The molecule has 2 N–H and O–H groups in total. The summed E-state index contributed by atoms with van der Waals surface area (Å²) < 4.78 is 13.0. The van der Waals surface area contributed by atoms with Crippen LogP contribution in [0.4, 0.5) is 0 Å². The van der Waals surface area contributed by atoms with Crippen LogP contribution in [0.25, 0.3) is 33.7 Å². The topological polar surface area (TPSA) is 137 Å². The number of hydrogen-bond donors (Lipinski definition) is 2. The Morgan fingerprint density at radius 3 is 2.81 bits per heavy atom. The predicted molar refractivity (Wildman–Crippen MR) is 158 cm³/mol. The number of benzene rings is 1. The van der Waals surface area contributed by atoms with Crippen molar-refractivity contribution >= 4 is 17.1 Å². The van der Waals surface area contributed by atoms with E-state index in [9.17, 15) is 4.79 Å². The van der Waals surface area contributed by atoms with Gasteiger partial charge in [0.15, 0.2) is 11.5 Å². The molecular weight excluding hydrogens is 544 g/mol. The normalized spacial score (nSPS) is 19.8. The number of rotatable bonds is 6. The Hall–Kier alpha value is -4.38. The minimum Gasteiger partial charge on any atom is -0.381 e. The summed E-state index contributed by atoms with van der Waals surface area (Å²) in [5.74, 6) is 1.11. The van der Waals surface area contributed by atoms with Crippen LogP contribution in [-0.4, -0.2) is 54.0 Å². The van der Waals surface area contributed by atoms with Crippen LogP contribution in [0.1, 0.15) is 90.9 Å². The third-order valence-electron chi connectivity index (χ3n) is 9.45. The van der Waals surface area contributed by atoms with Crippen LogP contribution in [0, 0.1) is 6.92 Å². The third kappa shape index (κ3) is 4.62. The Kier molecular flexibility index (Phi) is 6.18. The molecule has 43 heavy (non-hydrogen) atoms. The average Bonchev–Trinajstić information content (AvgIpc) is 3.40. The number of nitrogens with one attached hydrogen (secondary N) is 2. The summed E-state index contributed by atoms with van der Waals surface area (Å²) in [4.78, 5) is 30.5. The number of aromatic amines is 1. The zero-order chi connectivity index (χ0) is 29.1. The summed E-state index contributed by atoms with van der Waals surface area (Å²) >= 11 is 0. The number of imidazole rings is 1. The van der Waals surface area contributed by atoms with Crippen LogP contribution in [0.3, 0.4) is 0 Å². The van der Waals surface area contributed by atoms with Gasteiger partial charge in [-0.25, -0.2) is 9.97 Å². The molecule has 3 aliphatic rings. The first kappa shape index (κ1) is 26.3. The Bertz CT molecular complexity index is 1840. The van der Waals surface area contributed by atoms with Crippen molar-refractivity contribution in [3.05, 3.63) is 65.2 Å². The lowest BCUT2D eigenvalue weighted by Crippen LogP contribution is -2.31. The van der Waals surface area contributed by atoms with Crippen molar-refractivity contribution in [1.29, 1.82) is 0 Å². The Labute approximate surface area is 248 Å². The van der Waals surface area contributed by atoms with Crippen molar-refractivity contribution in [2.24, 2.45) is 0 Å². The van der Waals surface area contributed by atoms with E-state index in [1.165, 1.54) is 5.56 Å². The van der Waals surface area contributed by atoms with Gasteiger partial charge in [0.1, 0.15) is 11.3 Å². The molecule has 0 spiro atoms. The molecule has 0 radical (unpaired) electrons. The number of amides is 1. The molecule has 1 aliphatic heterocycles. The summed E-state index contributed by atoms with van der Waals surface area (Å²) in [7, 11) is 0. The lowest BCUT2D eigenvalue weighted by molar-refractivity contribution is 0.0657. The lowest BCUT2D eigenvalue weighted by atomic mass is 9.85. The number of fused-ring (bicyclic) bond motifs is 2. The highest BCUT2D eigenvalue weighted by Crippen LogP contribution is 2.46. The van der Waals surface area contributed by atoms with Crippen LogP contribution in [0.2, 0.25) is 0 Å². The van der Waals surface area contributed by atoms with Crippen LogP contribution in [-0.2, 0) is 16.6 Å². The summed E-state index contributed by atoms with van der Waals surface area (Å²) in [6.07, 6.45) is 10.5. The van der Waals surface area contributed by atoms with Gasteiger partial charge in [0.25, 0.3) is 0 Å². The lowest BCUT2D eigenvalue weighted by Gasteiger charge is -2.26. The second-order valence-corrected chi connectivity index (χ2v) is 12.4. The van der Waals surface area contributed by atoms with Gasteiger partial charge >= 0.3 is 11.8 Å². The Morgan fingerprint density at radius 2 is 1.98 bits per heavy atom. The predicted octanol–water partition coefficient (Wildman–Crippen LogP) is 5.39. The second kappa shape index (κ2) is 10.1. The molecular formula is C32H34N8O3. The maximum absolute atomic E-state index is 13.0. The standard InChI is InChI=1S/C32H34N8O3/c1-18-24(17-34-40(18)21-9-14-42-15-10-21)27-36-26-23(8-13-33-28(26)37-27)20-6-7-22-19(16-20)4-3-5-25(22)35-29(41)30-38-31(39-43-30)32(2)11-12-32/h6-8,13,16-17,21,25H,3-5,9-12,14-15H2,1-2H3,(H,35,41)(H,33,36,37)/t25-/m0/s1. The number of carbonyl (C=O) groups is 1. The van der Waals surface area contributed by atoms with E-state index >= 15 is 0 Å². The quantitative estimate of drug-likeness (QED) is 0.274. The molecule has 1 atom stereocenters. The summed E-state index contributed by atoms with van der Waals surface area (Å²) in [6.45, 7) is 5.73. The molecule has 2 aliphatic carbocycles. The van der Waals surface area contributed by atoms with Gasteiger partial charge in [-0.3, -0.25) is 9.48 Å². The molecule has 0 bridgehead atoms. The van der Waals surface area contributed by atoms with E-state index in [-0.39, 0.29) is 23.3 Å². The fourth-order valence-corrected chi connectivity index (χ4v) is 6.55. The molecule has 1 aromatic carbocycles. The van der Waals surface area contributed by atoms with Gasteiger partial charge in [-0.15, -0.1) is 0 Å². The molecule has 8 rings (SSSR count). The molecule has 1 saturated carbocycles. The number of aromatic nitrogens is 7. The van der Waals surface area contributed by atoms with Crippen LogP contribution < -0.4 is 5.32 Å². The zero-order valence-electron chi connectivity index (χ0n) is 24.4. The van der Waals surface area contributed by atoms with E-state index < -0.39 is 0 Å². The zero-order valence-corrected chi connectivity index (χ0v) is 24.4. The first-order valence-corrected chi connectivity index (χ1v) is 15.2. The first-order chi connectivity index (χ1) is 21.0. The monoisotopic (exact) mass is 578 g/mol. The molecule has 5 aromatic rings. The largest absolute Gasteiger partial charge is 0.381 e. The number of carbonyl (C=O) groups excluding carboxylic acids is 1. The van der Waals surface area contributed by atoms with Crippen molar-refractivity contribution in [3.63, 3.8) is 0 Å². The minimum absolute atomic E-state index is 0.0360. The first-order valence-electron chi connectivity index (χ1n) is 15.2. The summed E-state index contributed by atoms with van der Waals surface area (Å²) in [5.41, 5.74) is 8.04. The number of nitrogens with zero attached hydrogens (tertiary/aromatic N) is 6. The van der Waals surface area contributed by atoms with Crippen molar-refractivity contribution in [3.8, 4) is 22.5 Å². The summed E-state index contributed by atoms with van der Waals surface area (Å²) in [6, 6.07) is 8.72. The Morgan fingerprint density at radius 1 is 1.12 bits per heavy atom. The van der Waals surface area contributed by atoms with Gasteiger partial charge in [0, 0.05) is 36.1 Å². The van der Waals surface area contributed by atoms with E-state index in [0.29, 0.717) is 11.9 Å². The van der Waals surface area contributed by atoms with Gasteiger partial charge in [-0.05, 0) is 74.6 Å². The Balaban J connectivity index is 1.06. The second-order valence-electron chi connectivity index (χ2n) is 12.4. The fourth-order valence-electron chi connectivity index (χ4n) is 6.55. The number of hydrogen-bond acceptors (Lipinski definition) is 8. The molecule has 1 amide bonds. The van der Waals surface area contributed by atoms with Crippen molar-refractivity contribution in [2.45, 2.75) is 76.3 Å². The molecule has 11 nitrogen and oxygen atoms in total. The van der Waals surface area contributed by atoms with Gasteiger partial charge < -0.3 is 19.6 Å². The maximum Gasteiger partial charge on any atom is 0.315 e. The van der Waals surface area contributed by atoms with E-state index in [1.807, 2.05) is 18.5 Å². The highest BCUT2D eigenvalue weighted by molar-refractivity contribution is 5.92. The maximum atomic E-state index is 13.0. The van der Waals surface area contributed by atoms with Crippen LogP contribution >= 0.6 is 0 Å². The molecule has 220 valence electrons. The van der Waals surface area contributed by atoms with E-state index in [0.717, 1.165) is 103 Å². The number of H-pyrrole nitrogens is 1. The average molecular weight is 579 g/mol. The van der Waals surface area contributed by atoms with Crippen LogP contribution in [0.5, 0.6) is 0 Å². The minimum atomic E-state index is -0.319. The summed E-state index contributed by atoms with van der Waals surface area (Å²) in [5, 5.41) is 11.9. The smallest absolute Gasteiger partial charge is 0.315 e. The highest BCUT2D eigenvalue weighted by Gasteiger charge is 2.44. The highest BCUT2D eigenvalue weighted by atomic mass is 16.5. The SMILES string of the molecule is Cc1c(-c2nc3c(-c4ccc5c(c4)CCC[C@@H]5NC(=O)c4nc(C5(C)CC5)no4)ccnc3[nH]2)cnn1C1CCOCC1. The van der Waals surface area contributed by atoms with Crippen molar-refractivity contribution < 1.29 is 14.1 Å². The molecule has 11 heteroatoms. The molecule has 2 fully saturated rings. The van der Waals surface area contributed by atoms with Gasteiger partial charge in [-0.2, -0.15) is 10.1 Å². The molecule has 1 saturated heterocycles. The van der Waals surface area contributed by atoms with Crippen LogP contribution in [0.15, 0.2) is 41.2 Å². The van der Waals surface area contributed by atoms with E-state index in [2.05, 4.69) is 62.2 Å². The molecule has 0 unspecified atom stereocenters. The van der Waals surface area contributed by atoms with Crippen molar-refractivity contribution in [1.82, 2.24) is 40.2 Å². The number of ether oxygens (including phenoxy) is 1. The molecule has 5 heterocycles. The van der Waals surface area contributed by atoms with Gasteiger partial charge in [0.05, 0.1) is 23.8 Å². The number of pyridine rings is 1. The number of aryl methyl sites for hydroxylation is 1. The van der Waals surface area contributed by atoms with E-state index in [4.69, 9.17) is 19.3 Å². The van der Waals surface area contributed by atoms with Gasteiger partial charge in [-0.1, -0.05) is 30.3 Å². The van der Waals surface area contributed by atoms with Gasteiger partial charge in [0.2, 0.25) is 0 Å².